The third kappa shape index (κ3) is 4.01. The first-order valence-corrected chi connectivity index (χ1v) is 10.8. The zero-order valence-electron chi connectivity index (χ0n) is 17.9. The van der Waals surface area contributed by atoms with Crippen LogP contribution < -0.4 is 5.32 Å². The van der Waals surface area contributed by atoms with Crippen molar-refractivity contribution >= 4 is 28.8 Å². The number of carbonyl (C=O) groups excluding carboxylic acids is 3. The maximum Gasteiger partial charge on any atom is 0.261 e. The lowest BCUT2D eigenvalue weighted by Gasteiger charge is -2.14. The number of fused-ring (bicyclic) bond motifs is 2. The van der Waals surface area contributed by atoms with Crippen LogP contribution in [0.3, 0.4) is 0 Å². The number of amides is 3. The minimum Gasteiger partial charge on any atom is -0.352 e. The summed E-state index contributed by atoms with van der Waals surface area (Å²) in [6.45, 7) is 1.40. The number of benzene rings is 3. The van der Waals surface area contributed by atoms with Gasteiger partial charge in [-0.1, -0.05) is 36.4 Å². The number of hydrogen-bond acceptors (Lipinski definition) is 4. The highest BCUT2D eigenvalue weighted by Gasteiger charge is 2.34. The van der Waals surface area contributed by atoms with E-state index in [9.17, 15) is 14.4 Å². The Balaban J connectivity index is 1.18. The molecule has 1 aliphatic heterocycles. The smallest absolute Gasteiger partial charge is 0.261 e. The lowest BCUT2D eigenvalue weighted by molar-refractivity contribution is 0.0642. The van der Waals surface area contributed by atoms with E-state index < -0.39 is 0 Å². The molecule has 2 heterocycles. The number of aromatic nitrogens is 2. The van der Waals surface area contributed by atoms with Crippen molar-refractivity contribution in [1.29, 1.82) is 0 Å². The van der Waals surface area contributed by atoms with Gasteiger partial charge in [-0.2, -0.15) is 0 Å². The summed E-state index contributed by atoms with van der Waals surface area (Å²) in [6, 6.07) is 21.8. The Labute approximate surface area is 190 Å². The zero-order valence-corrected chi connectivity index (χ0v) is 17.9. The maximum atomic E-state index is 12.6. The van der Waals surface area contributed by atoms with Gasteiger partial charge in [0.15, 0.2) is 0 Å². The third-order valence-electron chi connectivity index (χ3n) is 5.80. The van der Waals surface area contributed by atoms with Gasteiger partial charge in [0.1, 0.15) is 0 Å². The van der Waals surface area contributed by atoms with Crippen LogP contribution in [0.4, 0.5) is 0 Å². The molecule has 0 fully saturated rings. The molecule has 0 saturated carbocycles. The molecule has 164 valence electrons. The predicted octanol–water partition coefficient (Wildman–Crippen LogP) is 3.65. The number of imide groups is 1. The maximum absolute atomic E-state index is 12.6. The van der Waals surface area contributed by atoms with E-state index in [1.807, 2.05) is 36.7 Å². The zero-order chi connectivity index (χ0) is 22.8. The molecule has 3 amide bonds. The van der Waals surface area contributed by atoms with Gasteiger partial charge >= 0.3 is 0 Å². The lowest BCUT2D eigenvalue weighted by atomic mass is 10.1. The van der Waals surface area contributed by atoms with Crippen LogP contribution in [0, 0.1) is 0 Å². The highest BCUT2D eigenvalue weighted by molar-refractivity contribution is 6.21. The van der Waals surface area contributed by atoms with Gasteiger partial charge in [0.05, 0.1) is 35.0 Å². The molecule has 7 heteroatoms. The molecule has 3 aromatic carbocycles. The number of rotatable bonds is 7. The van der Waals surface area contributed by atoms with Crippen LogP contribution in [-0.4, -0.2) is 38.7 Å². The van der Waals surface area contributed by atoms with Crippen LogP contribution >= 0.6 is 0 Å². The minimum atomic E-state index is -0.308. The molecule has 1 aliphatic rings. The average Bonchev–Trinajstić information content (AvgIpc) is 3.37. The minimum absolute atomic E-state index is 0.126. The summed E-state index contributed by atoms with van der Waals surface area (Å²) in [5, 5.41) is 2.94. The summed E-state index contributed by atoms with van der Waals surface area (Å²) >= 11 is 0. The molecule has 5 rings (SSSR count). The summed E-state index contributed by atoms with van der Waals surface area (Å²) in [7, 11) is 0. The fourth-order valence-corrected chi connectivity index (χ4v) is 4.12. The Morgan fingerprint density at radius 2 is 1.61 bits per heavy atom. The van der Waals surface area contributed by atoms with Gasteiger partial charge in [0.25, 0.3) is 17.7 Å². The van der Waals surface area contributed by atoms with Gasteiger partial charge in [-0.15, -0.1) is 0 Å². The first-order chi connectivity index (χ1) is 16.1. The highest BCUT2D eigenvalue weighted by atomic mass is 16.2. The topological polar surface area (TPSA) is 84.3 Å². The highest BCUT2D eigenvalue weighted by Crippen LogP contribution is 2.24. The van der Waals surface area contributed by atoms with Crippen LogP contribution in [0.1, 0.15) is 43.1 Å². The first kappa shape index (κ1) is 20.6. The van der Waals surface area contributed by atoms with E-state index >= 15 is 0 Å². The second-order valence-electron chi connectivity index (χ2n) is 7.98. The molecule has 1 aromatic heterocycles. The van der Waals surface area contributed by atoms with Crippen LogP contribution in [0.15, 0.2) is 79.1 Å². The fraction of sp³-hybridized carbons (Fsp3) is 0.154. The molecule has 0 aliphatic carbocycles. The molecule has 0 saturated heterocycles. The van der Waals surface area contributed by atoms with E-state index in [1.165, 1.54) is 4.90 Å². The molecular formula is C26H22N4O3. The second kappa shape index (κ2) is 8.70. The number of aryl methyl sites for hydroxylation is 1. The van der Waals surface area contributed by atoms with Crippen molar-refractivity contribution in [3.05, 3.63) is 101 Å². The number of carbonyl (C=O) groups is 3. The third-order valence-corrected chi connectivity index (χ3v) is 5.80. The standard InChI is InChI=1S/C26H22N4O3/c31-24(27-13-6-14-29-17-28-22-11-3-4-12-23(22)29)19-8-5-7-18(15-19)16-30-25(32)20-9-1-2-10-21(20)26(30)33/h1-5,7-12,15,17H,6,13-14,16H2,(H,27,31). The molecule has 0 atom stereocenters. The van der Waals surface area contributed by atoms with E-state index in [1.54, 1.807) is 42.5 Å². The van der Waals surface area contributed by atoms with E-state index in [2.05, 4.69) is 14.9 Å². The van der Waals surface area contributed by atoms with Crippen LogP contribution in [-0.2, 0) is 13.1 Å². The molecule has 0 radical (unpaired) electrons. The SMILES string of the molecule is O=C(NCCCn1cnc2ccccc21)c1cccc(CN2C(=O)c3ccccc3C2=O)c1. The second-order valence-corrected chi connectivity index (χ2v) is 7.98. The van der Waals surface area contributed by atoms with Crippen molar-refractivity contribution < 1.29 is 14.4 Å². The molecule has 33 heavy (non-hydrogen) atoms. The number of para-hydroxylation sites is 2. The van der Waals surface area contributed by atoms with Gasteiger partial charge in [0.2, 0.25) is 0 Å². The molecule has 0 bridgehead atoms. The number of imidazole rings is 1. The van der Waals surface area contributed by atoms with Gasteiger partial charge in [0, 0.05) is 18.7 Å². The molecule has 4 aromatic rings. The van der Waals surface area contributed by atoms with Crippen molar-refractivity contribution in [3.63, 3.8) is 0 Å². The number of nitrogens with zero attached hydrogens (tertiary/aromatic N) is 3. The Kier molecular flexibility index (Phi) is 5.44. The molecule has 0 unspecified atom stereocenters. The monoisotopic (exact) mass is 438 g/mol. The quantitative estimate of drug-likeness (QED) is 0.353. The van der Waals surface area contributed by atoms with Crippen LogP contribution in [0.2, 0.25) is 0 Å². The summed E-state index contributed by atoms with van der Waals surface area (Å²) < 4.78 is 2.07. The normalized spacial score (nSPS) is 12.9. The van der Waals surface area contributed by atoms with Crippen LogP contribution in [0.5, 0.6) is 0 Å². The molecule has 7 nitrogen and oxygen atoms in total. The summed E-state index contributed by atoms with van der Waals surface area (Å²) in [5.74, 6) is -0.801. The number of nitrogens with one attached hydrogen (secondary N) is 1. The Morgan fingerprint density at radius 3 is 2.39 bits per heavy atom. The molecule has 0 spiro atoms. The van der Waals surface area contributed by atoms with Gasteiger partial charge in [-0.05, 0) is 48.4 Å². The van der Waals surface area contributed by atoms with Crippen molar-refractivity contribution in [1.82, 2.24) is 19.8 Å². The largest absolute Gasteiger partial charge is 0.352 e. The summed E-state index contributed by atoms with van der Waals surface area (Å²) in [5.41, 5.74) is 4.09. The Morgan fingerprint density at radius 1 is 0.879 bits per heavy atom. The Bertz CT molecular complexity index is 1340. The van der Waals surface area contributed by atoms with Gasteiger partial charge < -0.3 is 9.88 Å². The predicted molar refractivity (Wildman–Crippen MR) is 124 cm³/mol. The molecular weight excluding hydrogens is 416 g/mol. The van der Waals surface area contributed by atoms with Crippen molar-refractivity contribution in [2.45, 2.75) is 19.5 Å². The molecule has 1 N–H and O–H groups in total. The summed E-state index contributed by atoms with van der Waals surface area (Å²) in [4.78, 5) is 43.4. The first-order valence-electron chi connectivity index (χ1n) is 10.8. The van der Waals surface area contributed by atoms with Gasteiger partial charge in [-0.25, -0.2) is 4.98 Å². The van der Waals surface area contributed by atoms with Crippen LogP contribution in [0.25, 0.3) is 11.0 Å². The fourth-order valence-electron chi connectivity index (χ4n) is 4.12. The van der Waals surface area contributed by atoms with E-state index in [0.717, 1.165) is 29.6 Å². The average molecular weight is 438 g/mol. The number of hydrogen-bond donors (Lipinski definition) is 1. The van der Waals surface area contributed by atoms with E-state index in [0.29, 0.717) is 23.2 Å². The van der Waals surface area contributed by atoms with E-state index in [4.69, 9.17) is 0 Å². The van der Waals surface area contributed by atoms with Crippen molar-refractivity contribution in [3.8, 4) is 0 Å². The summed E-state index contributed by atoms with van der Waals surface area (Å²) in [6.07, 6.45) is 2.58. The van der Waals surface area contributed by atoms with Crippen molar-refractivity contribution in [2.75, 3.05) is 6.54 Å². The lowest BCUT2D eigenvalue weighted by Crippen LogP contribution is -2.29. The van der Waals surface area contributed by atoms with E-state index in [-0.39, 0.29) is 24.3 Å². The van der Waals surface area contributed by atoms with Crippen molar-refractivity contribution in [2.24, 2.45) is 0 Å². The Hall–Kier alpha value is -4.26. The van der Waals surface area contributed by atoms with Gasteiger partial charge in [-0.3, -0.25) is 19.3 Å².